The van der Waals surface area contributed by atoms with Crippen LogP contribution in [0.5, 0.6) is 5.75 Å². The van der Waals surface area contributed by atoms with Crippen molar-refractivity contribution in [3.8, 4) is 5.75 Å². The number of anilines is 1. The van der Waals surface area contributed by atoms with Gasteiger partial charge in [0.1, 0.15) is 11.2 Å². The molecular formula is C21H24N2O3. The van der Waals surface area contributed by atoms with E-state index in [0.717, 1.165) is 5.56 Å². The van der Waals surface area contributed by atoms with Gasteiger partial charge in [0, 0.05) is 13.6 Å². The molecule has 0 radical (unpaired) electrons. The standard InChI is InChI=1S/C21H24N2O3/c1-3-26-18-12-8-7-11-17(18)22-19(24)21(13-14-21)20(25)23(2)15-16-9-5-4-6-10-16/h4-12H,3,13-15H2,1-2H3,(H,22,24). The summed E-state index contributed by atoms with van der Waals surface area (Å²) in [6, 6.07) is 17.1. The SMILES string of the molecule is CCOc1ccccc1NC(=O)C1(C(=O)N(C)Cc2ccccc2)CC1. The summed E-state index contributed by atoms with van der Waals surface area (Å²) in [5.41, 5.74) is 0.688. The van der Waals surface area contributed by atoms with E-state index in [9.17, 15) is 9.59 Å². The minimum absolute atomic E-state index is 0.132. The summed E-state index contributed by atoms with van der Waals surface area (Å²) in [4.78, 5) is 27.4. The predicted molar refractivity (Wildman–Crippen MR) is 101 cm³/mol. The third-order valence-corrected chi connectivity index (χ3v) is 4.64. The number of nitrogens with one attached hydrogen (secondary N) is 1. The van der Waals surface area contributed by atoms with E-state index in [0.29, 0.717) is 37.4 Å². The van der Waals surface area contributed by atoms with Gasteiger partial charge in [-0.3, -0.25) is 9.59 Å². The summed E-state index contributed by atoms with van der Waals surface area (Å²) in [7, 11) is 1.75. The first kappa shape index (κ1) is 18.0. The zero-order chi connectivity index (χ0) is 18.6. The molecule has 1 saturated carbocycles. The van der Waals surface area contributed by atoms with Gasteiger partial charge >= 0.3 is 0 Å². The highest BCUT2D eigenvalue weighted by Crippen LogP contribution is 2.48. The van der Waals surface area contributed by atoms with Crippen LogP contribution in [0.25, 0.3) is 0 Å². The van der Waals surface area contributed by atoms with E-state index in [1.165, 1.54) is 0 Å². The van der Waals surface area contributed by atoms with Crippen LogP contribution in [0, 0.1) is 5.41 Å². The highest BCUT2D eigenvalue weighted by molar-refractivity contribution is 6.13. The summed E-state index contributed by atoms with van der Waals surface area (Å²) in [5.74, 6) is 0.228. The lowest BCUT2D eigenvalue weighted by atomic mass is 10.0. The number of hydrogen-bond donors (Lipinski definition) is 1. The van der Waals surface area contributed by atoms with Gasteiger partial charge in [-0.15, -0.1) is 0 Å². The lowest BCUT2D eigenvalue weighted by Crippen LogP contribution is -2.40. The average molecular weight is 352 g/mol. The Labute approximate surface area is 154 Å². The first-order chi connectivity index (χ1) is 12.6. The number of amides is 2. The van der Waals surface area contributed by atoms with Crippen LogP contribution in [-0.4, -0.2) is 30.4 Å². The molecule has 1 N–H and O–H groups in total. The van der Waals surface area contributed by atoms with Crippen molar-refractivity contribution < 1.29 is 14.3 Å². The molecule has 0 spiro atoms. The third-order valence-electron chi connectivity index (χ3n) is 4.64. The molecule has 3 rings (SSSR count). The fourth-order valence-corrected chi connectivity index (χ4v) is 3.05. The molecule has 1 fully saturated rings. The Bertz CT molecular complexity index is 785. The predicted octanol–water partition coefficient (Wildman–Crippen LogP) is 3.46. The highest BCUT2D eigenvalue weighted by Gasteiger charge is 2.57. The molecule has 0 aromatic heterocycles. The van der Waals surface area contributed by atoms with Crippen molar-refractivity contribution in [3.05, 3.63) is 60.2 Å². The zero-order valence-electron chi connectivity index (χ0n) is 15.2. The van der Waals surface area contributed by atoms with Crippen LogP contribution in [0.15, 0.2) is 54.6 Å². The average Bonchev–Trinajstić information content (AvgIpc) is 3.46. The first-order valence-corrected chi connectivity index (χ1v) is 8.89. The Morgan fingerprint density at radius 1 is 1.08 bits per heavy atom. The van der Waals surface area contributed by atoms with E-state index >= 15 is 0 Å². The molecule has 0 atom stereocenters. The topological polar surface area (TPSA) is 58.6 Å². The molecule has 5 heteroatoms. The quantitative estimate of drug-likeness (QED) is 0.777. The molecule has 0 aliphatic heterocycles. The summed E-state index contributed by atoms with van der Waals surface area (Å²) in [6.07, 6.45) is 1.15. The van der Waals surface area contributed by atoms with Crippen LogP contribution in [0.2, 0.25) is 0 Å². The van der Waals surface area contributed by atoms with E-state index in [1.807, 2.05) is 55.5 Å². The minimum atomic E-state index is -0.955. The molecule has 1 aliphatic carbocycles. The van der Waals surface area contributed by atoms with Crippen LogP contribution < -0.4 is 10.1 Å². The molecule has 0 heterocycles. The van der Waals surface area contributed by atoms with Crippen molar-refractivity contribution in [1.82, 2.24) is 4.90 Å². The van der Waals surface area contributed by atoms with Crippen LogP contribution in [0.3, 0.4) is 0 Å². The normalized spacial score (nSPS) is 14.4. The van der Waals surface area contributed by atoms with Crippen molar-refractivity contribution in [2.45, 2.75) is 26.3 Å². The number of hydrogen-bond acceptors (Lipinski definition) is 3. The summed E-state index contributed by atoms with van der Waals surface area (Å²) >= 11 is 0. The monoisotopic (exact) mass is 352 g/mol. The number of rotatable bonds is 7. The number of carbonyl (C=O) groups is 2. The van der Waals surface area contributed by atoms with Crippen LogP contribution >= 0.6 is 0 Å². The van der Waals surface area contributed by atoms with Crippen LogP contribution in [-0.2, 0) is 16.1 Å². The third kappa shape index (κ3) is 3.72. The number of benzene rings is 2. The van der Waals surface area contributed by atoms with Gasteiger partial charge in [0.05, 0.1) is 12.3 Å². The molecule has 26 heavy (non-hydrogen) atoms. The van der Waals surface area contributed by atoms with Crippen LogP contribution in [0.4, 0.5) is 5.69 Å². The van der Waals surface area contributed by atoms with Crippen molar-refractivity contribution in [1.29, 1.82) is 0 Å². The molecule has 136 valence electrons. The minimum Gasteiger partial charge on any atom is -0.492 e. The molecule has 0 unspecified atom stereocenters. The van der Waals surface area contributed by atoms with Gasteiger partial charge in [0.2, 0.25) is 11.8 Å². The molecule has 2 aromatic rings. The number of ether oxygens (including phenoxy) is 1. The lowest BCUT2D eigenvalue weighted by molar-refractivity contribution is -0.141. The second kappa shape index (κ2) is 7.60. The molecule has 0 bridgehead atoms. The fourth-order valence-electron chi connectivity index (χ4n) is 3.05. The summed E-state index contributed by atoms with van der Waals surface area (Å²) in [6.45, 7) is 2.89. The second-order valence-electron chi connectivity index (χ2n) is 6.61. The Hall–Kier alpha value is -2.82. The summed E-state index contributed by atoms with van der Waals surface area (Å²) < 4.78 is 5.55. The van der Waals surface area contributed by atoms with Gasteiger partial charge in [0.25, 0.3) is 0 Å². The van der Waals surface area contributed by atoms with Gasteiger partial charge in [-0.05, 0) is 37.5 Å². The van der Waals surface area contributed by atoms with Gasteiger partial charge in [0.15, 0.2) is 0 Å². The van der Waals surface area contributed by atoms with Crippen molar-refractivity contribution >= 4 is 17.5 Å². The maximum Gasteiger partial charge on any atom is 0.240 e. The van der Waals surface area contributed by atoms with Gasteiger partial charge in [-0.2, -0.15) is 0 Å². The Morgan fingerprint density at radius 3 is 2.38 bits per heavy atom. The molecule has 2 amide bonds. The first-order valence-electron chi connectivity index (χ1n) is 8.89. The Balaban J connectivity index is 1.70. The van der Waals surface area contributed by atoms with Gasteiger partial charge in [-0.1, -0.05) is 42.5 Å². The molecule has 0 saturated heterocycles. The maximum atomic E-state index is 12.9. The maximum absolute atomic E-state index is 12.9. The van der Waals surface area contributed by atoms with Gasteiger partial charge < -0.3 is 15.0 Å². The lowest BCUT2D eigenvalue weighted by Gasteiger charge is -2.23. The zero-order valence-corrected chi connectivity index (χ0v) is 15.2. The Morgan fingerprint density at radius 2 is 1.73 bits per heavy atom. The van der Waals surface area contributed by atoms with Gasteiger partial charge in [-0.25, -0.2) is 0 Å². The molecule has 1 aliphatic rings. The van der Waals surface area contributed by atoms with E-state index in [1.54, 1.807) is 18.0 Å². The largest absolute Gasteiger partial charge is 0.492 e. The fraction of sp³-hybridized carbons (Fsp3) is 0.333. The van der Waals surface area contributed by atoms with Crippen molar-refractivity contribution in [3.63, 3.8) is 0 Å². The van der Waals surface area contributed by atoms with Crippen LogP contribution in [0.1, 0.15) is 25.3 Å². The molecular weight excluding hydrogens is 328 g/mol. The molecule has 2 aromatic carbocycles. The molecule has 5 nitrogen and oxygen atoms in total. The number of carbonyl (C=O) groups excluding carboxylic acids is 2. The Kier molecular flexibility index (Phi) is 5.26. The summed E-state index contributed by atoms with van der Waals surface area (Å²) in [5, 5.41) is 2.89. The van der Waals surface area contributed by atoms with E-state index in [2.05, 4.69) is 5.32 Å². The number of para-hydroxylation sites is 2. The smallest absolute Gasteiger partial charge is 0.240 e. The second-order valence-corrected chi connectivity index (χ2v) is 6.61. The van der Waals surface area contributed by atoms with E-state index < -0.39 is 5.41 Å². The van der Waals surface area contributed by atoms with E-state index in [4.69, 9.17) is 4.74 Å². The van der Waals surface area contributed by atoms with Crippen molar-refractivity contribution in [2.75, 3.05) is 19.0 Å². The van der Waals surface area contributed by atoms with Crippen molar-refractivity contribution in [2.24, 2.45) is 5.41 Å². The highest BCUT2D eigenvalue weighted by atomic mass is 16.5. The van der Waals surface area contributed by atoms with E-state index in [-0.39, 0.29) is 11.8 Å². The number of nitrogens with zero attached hydrogens (tertiary/aromatic N) is 1.